The molecule has 1 atom stereocenters. The Bertz CT molecular complexity index is 208. The summed E-state index contributed by atoms with van der Waals surface area (Å²) in [5.41, 5.74) is 0. The second kappa shape index (κ2) is 6.72. The predicted octanol–water partition coefficient (Wildman–Crippen LogP) is 1.88. The third-order valence-corrected chi connectivity index (χ3v) is 4.42. The van der Waals surface area contributed by atoms with Gasteiger partial charge in [-0.2, -0.15) is 0 Å². The summed E-state index contributed by atoms with van der Waals surface area (Å²) in [5, 5.41) is 3.40. The van der Waals surface area contributed by atoms with Gasteiger partial charge in [-0.25, -0.2) is 0 Å². The normalized spacial score (nSPS) is 35.1. The molecule has 3 nitrogen and oxygen atoms in total. The minimum absolute atomic E-state index is 0.439. The smallest absolute Gasteiger partial charge is 0.0712 e. The van der Waals surface area contributed by atoms with Gasteiger partial charge in [-0.05, 0) is 45.1 Å². The van der Waals surface area contributed by atoms with Gasteiger partial charge in [0.1, 0.15) is 0 Å². The van der Waals surface area contributed by atoms with E-state index >= 15 is 0 Å². The fourth-order valence-corrected chi connectivity index (χ4v) is 3.02. The van der Waals surface area contributed by atoms with Gasteiger partial charge in [0.15, 0.2) is 0 Å². The summed E-state index contributed by atoms with van der Waals surface area (Å²) in [6.45, 7) is 6.51. The van der Waals surface area contributed by atoms with Gasteiger partial charge in [-0.1, -0.05) is 6.92 Å². The number of morpholine rings is 1. The van der Waals surface area contributed by atoms with E-state index in [1.54, 1.807) is 0 Å². The number of hydrogen-bond acceptors (Lipinski definition) is 3. The summed E-state index contributed by atoms with van der Waals surface area (Å²) in [6, 6.07) is 0.822. The monoisotopic (exact) mass is 240 g/mol. The van der Waals surface area contributed by atoms with Gasteiger partial charge in [0.2, 0.25) is 0 Å². The molecule has 2 fully saturated rings. The molecular formula is C14H28N2O. The molecule has 1 aliphatic heterocycles. The fraction of sp³-hybridized carbons (Fsp3) is 1.00. The van der Waals surface area contributed by atoms with Gasteiger partial charge in [0.25, 0.3) is 0 Å². The quantitative estimate of drug-likeness (QED) is 0.812. The highest BCUT2D eigenvalue weighted by Crippen LogP contribution is 2.26. The molecular weight excluding hydrogens is 212 g/mol. The molecule has 2 rings (SSSR count). The van der Waals surface area contributed by atoms with E-state index < -0.39 is 0 Å². The topological polar surface area (TPSA) is 24.5 Å². The lowest BCUT2D eigenvalue weighted by atomic mass is 9.86. The van der Waals surface area contributed by atoms with Crippen LogP contribution < -0.4 is 5.32 Å². The van der Waals surface area contributed by atoms with Crippen molar-refractivity contribution in [3.8, 4) is 0 Å². The fourth-order valence-electron chi connectivity index (χ4n) is 3.02. The average Bonchev–Trinajstić information content (AvgIpc) is 2.38. The highest BCUT2D eigenvalue weighted by Gasteiger charge is 2.22. The molecule has 0 aromatic rings. The first kappa shape index (κ1) is 13.3. The Morgan fingerprint density at radius 1 is 1.24 bits per heavy atom. The molecule has 0 spiro atoms. The second-order valence-electron chi connectivity index (χ2n) is 5.88. The van der Waals surface area contributed by atoms with Crippen LogP contribution in [0.4, 0.5) is 0 Å². The number of hydrogen-bond donors (Lipinski definition) is 1. The van der Waals surface area contributed by atoms with Crippen molar-refractivity contribution < 1.29 is 4.74 Å². The minimum Gasteiger partial charge on any atom is -0.376 e. The standard InChI is InChI=1S/C14H28N2O/c1-12-3-5-13(6-4-12)16(2)9-7-14-11-15-8-10-17-14/h12-15H,3-11H2,1-2H3. The molecule has 1 saturated carbocycles. The van der Waals surface area contributed by atoms with Gasteiger partial charge in [-0.15, -0.1) is 0 Å². The van der Waals surface area contributed by atoms with Crippen LogP contribution in [0.2, 0.25) is 0 Å². The maximum atomic E-state index is 5.74. The number of rotatable bonds is 4. The van der Waals surface area contributed by atoms with E-state index in [9.17, 15) is 0 Å². The lowest BCUT2D eigenvalue weighted by Crippen LogP contribution is -2.42. The van der Waals surface area contributed by atoms with E-state index in [-0.39, 0.29) is 0 Å². The largest absolute Gasteiger partial charge is 0.376 e. The zero-order valence-electron chi connectivity index (χ0n) is 11.5. The molecule has 1 N–H and O–H groups in total. The lowest BCUT2D eigenvalue weighted by Gasteiger charge is -2.34. The summed E-state index contributed by atoms with van der Waals surface area (Å²) in [6.07, 6.45) is 7.22. The molecule has 1 aliphatic carbocycles. The van der Waals surface area contributed by atoms with E-state index in [4.69, 9.17) is 4.74 Å². The van der Waals surface area contributed by atoms with Crippen LogP contribution in [0.1, 0.15) is 39.0 Å². The van der Waals surface area contributed by atoms with E-state index in [1.807, 2.05) is 0 Å². The van der Waals surface area contributed by atoms with Gasteiger partial charge >= 0.3 is 0 Å². The Morgan fingerprint density at radius 3 is 2.65 bits per heavy atom. The first-order valence-corrected chi connectivity index (χ1v) is 7.28. The molecule has 0 radical (unpaired) electrons. The first-order valence-electron chi connectivity index (χ1n) is 7.28. The zero-order valence-corrected chi connectivity index (χ0v) is 11.5. The second-order valence-corrected chi connectivity index (χ2v) is 5.88. The SMILES string of the molecule is CC1CCC(N(C)CCC2CNCCO2)CC1. The van der Waals surface area contributed by atoms with Crippen molar-refractivity contribution in [1.82, 2.24) is 10.2 Å². The van der Waals surface area contributed by atoms with Crippen LogP contribution in [0.15, 0.2) is 0 Å². The van der Waals surface area contributed by atoms with Crippen LogP contribution in [-0.4, -0.2) is 50.3 Å². The van der Waals surface area contributed by atoms with E-state index in [0.717, 1.165) is 31.7 Å². The van der Waals surface area contributed by atoms with Crippen LogP contribution in [-0.2, 0) is 4.74 Å². The molecule has 1 heterocycles. The third kappa shape index (κ3) is 4.23. The van der Waals surface area contributed by atoms with Crippen LogP contribution >= 0.6 is 0 Å². The third-order valence-electron chi connectivity index (χ3n) is 4.42. The molecule has 17 heavy (non-hydrogen) atoms. The summed E-state index contributed by atoms with van der Waals surface area (Å²) in [5.74, 6) is 0.950. The van der Waals surface area contributed by atoms with Gasteiger partial charge in [0, 0.05) is 25.7 Å². The van der Waals surface area contributed by atoms with Crippen LogP contribution in [0.25, 0.3) is 0 Å². The van der Waals surface area contributed by atoms with E-state index in [2.05, 4.69) is 24.2 Å². The van der Waals surface area contributed by atoms with Gasteiger partial charge < -0.3 is 15.0 Å². The van der Waals surface area contributed by atoms with Crippen LogP contribution in [0, 0.1) is 5.92 Å². The molecule has 2 aliphatic rings. The summed E-state index contributed by atoms with van der Waals surface area (Å²) in [7, 11) is 2.29. The lowest BCUT2D eigenvalue weighted by molar-refractivity contribution is 0.0149. The van der Waals surface area contributed by atoms with Crippen molar-refractivity contribution >= 4 is 0 Å². The van der Waals surface area contributed by atoms with Crippen LogP contribution in [0.3, 0.4) is 0 Å². The van der Waals surface area contributed by atoms with E-state index in [0.29, 0.717) is 6.10 Å². The highest BCUT2D eigenvalue weighted by atomic mass is 16.5. The molecule has 3 heteroatoms. The van der Waals surface area contributed by atoms with Crippen molar-refractivity contribution in [2.75, 3.05) is 33.3 Å². The Kier molecular flexibility index (Phi) is 5.26. The Hall–Kier alpha value is -0.120. The minimum atomic E-state index is 0.439. The molecule has 0 aromatic heterocycles. The van der Waals surface area contributed by atoms with Crippen molar-refractivity contribution in [3.05, 3.63) is 0 Å². The average molecular weight is 240 g/mol. The molecule has 100 valence electrons. The Morgan fingerprint density at radius 2 is 2.00 bits per heavy atom. The molecule has 0 aromatic carbocycles. The molecule has 1 saturated heterocycles. The maximum absolute atomic E-state index is 5.74. The zero-order chi connectivity index (χ0) is 12.1. The maximum Gasteiger partial charge on any atom is 0.0712 e. The Balaban J connectivity index is 1.64. The van der Waals surface area contributed by atoms with Crippen molar-refractivity contribution in [1.29, 1.82) is 0 Å². The van der Waals surface area contributed by atoms with E-state index in [1.165, 1.54) is 38.6 Å². The summed E-state index contributed by atoms with van der Waals surface area (Å²) >= 11 is 0. The first-order chi connectivity index (χ1) is 8.25. The number of ether oxygens (including phenoxy) is 1. The highest BCUT2D eigenvalue weighted by molar-refractivity contribution is 4.77. The Labute approximate surface area is 106 Å². The summed E-state index contributed by atoms with van der Waals surface area (Å²) in [4.78, 5) is 2.56. The molecule has 1 unspecified atom stereocenters. The van der Waals surface area contributed by atoms with Crippen molar-refractivity contribution in [2.24, 2.45) is 5.92 Å². The van der Waals surface area contributed by atoms with Crippen LogP contribution in [0.5, 0.6) is 0 Å². The van der Waals surface area contributed by atoms with Gasteiger partial charge in [-0.3, -0.25) is 0 Å². The predicted molar refractivity (Wildman–Crippen MR) is 71.3 cm³/mol. The molecule has 0 amide bonds. The van der Waals surface area contributed by atoms with Gasteiger partial charge in [0.05, 0.1) is 12.7 Å². The van der Waals surface area contributed by atoms with Crippen molar-refractivity contribution in [3.63, 3.8) is 0 Å². The molecule has 0 bridgehead atoms. The number of nitrogens with zero attached hydrogens (tertiary/aromatic N) is 1. The number of nitrogens with one attached hydrogen (secondary N) is 1. The summed E-state index contributed by atoms with van der Waals surface area (Å²) < 4.78 is 5.74. The van der Waals surface area contributed by atoms with Crippen molar-refractivity contribution in [2.45, 2.75) is 51.2 Å².